The minimum Gasteiger partial charge on any atom is -0.396 e. The van der Waals surface area contributed by atoms with E-state index in [1.165, 1.54) is 0 Å². The van der Waals surface area contributed by atoms with Gasteiger partial charge < -0.3 is 5.11 Å². The first kappa shape index (κ1) is 14.6. The predicted octanol–water partition coefficient (Wildman–Crippen LogP) is 0.803. The molecule has 0 aromatic carbocycles. The molecular weight excluding hydrogens is 241 g/mol. The van der Waals surface area contributed by atoms with Crippen LogP contribution in [0.25, 0.3) is 0 Å². The predicted molar refractivity (Wildman–Crippen MR) is 42.9 cm³/mol. The molecule has 0 aromatic heterocycles. The van der Waals surface area contributed by atoms with E-state index in [1.807, 2.05) is 0 Å². The van der Waals surface area contributed by atoms with Gasteiger partial charge in [0.25, 0.3) is 0 Å². The molecule has 0 heterocycles. The first-order valence-corrected chi connectivity index (χ1v) is 5.34. The van der Waals surface area contributed by atoms with Crippen molar-refractivity contribution in [2.75, 3.05) is 13.2 Å². The van der Waals surface area contributed by atoms with Crippen molar-refractivity contribution in [3.8, 4) is 0 Å². The quantitative estimate of drug-likeness (QED) is 0.430. The van der Waals surface area contributed by atoms with Crippen molar-refractivity contribution < 1.29 is 35.9 Å². The molecule has 1 unspecified atom stereocenters. The van der Waals surface area contributed by atoms with Crippen LogP contribution in [0, 0.1) is 5.92 Å². The normalized spacial score (nSPS) is 15.3. The van der Waals surface area contributed by atoms with Gasteiger partial charge in [-0.05, 0) is 12.3 Å². The van der Waals surface area contributed by atoms with Gasteiger partial charge in [-0.3, -0.25) is 0 Å². The minimum absolute atomic E-state index is 0.170. The molecule has 1 N–H and O–H groups in total. The van der Waals surface area contributed by atoms with Gasteiger partial charge >= 0.3 is 15.6 Å². The van der Waals surface area contributed by atoms with Gasteiger partial charge in [-0.25, -0.2) is 4.89 Å². The highest BCUT2D eigenvalue weighted by Crippen LogP contribution is 2.24. The third kappa shape index (κ3) is 5.30. The molecule has 0 amide bonds. The zero-order valence-corrected chi connectivity index (χ0v) is 8.64. The molecule has 0 saturated carbocycles. The third-order valence-corrected chi connectivity index (χ3v) is 2.24. The van der Waals surface area contributed by atoms with Crippen LogP contribution in [0.5, 0.6) is 0 Å². The largest absolute Gasteiger partial charge is 0.525 e. The van der Waals surface area contributed by atoms with Crippen LogP contribution >= 0.6 is 0 Å². The molecule has 0 saturated heterocycles. The highest BCUT2D eigenvalue weighted by Gasteiger charge is 2.48. The highest BCUT2D eigenvalue weighted by atomic mass is 32.2. The second-order valence-corrected chi connectivity index (χ2v) is 4.38. The fraction of sp³-hybridized carbons (Fsp3) is 1.00. The lowest BCUT2D eigenvalue weighted by molar-refractivity contribution is -0.223. The van der Waals surface area contributed by atoms with Crippen molar-refractivity contribution in [1.29, 1.82) is 0 Å². The van der Waals surface area contributed by atoms with Gasteiger partial charge in [0.1, 0.15) is 0 Å². The van der Waals surface area contributed by atoms with Gasteiger partial charge in [0.05, 0.1) is 6.61 Å². The molecular formula is C6H11F3O5S. The van der Waals surface area contributed by atoms with E-state index >= 15 is 0 Å². The molecule has 0 radical (unpaired) electrons. The van der Waals surface area contributed by atoms with Crippen LogP contribution in [0.2, 0.25) is 0 Å². The number of aliphatic hydroxyl groups excluding tert-OH is 1. The zero-order chi connectivity index (χ0) is 12.1. The van der Waals surface area contributed by atoms with Crippen LogP contribution < -0.4 is 0 Å². The SMILES string of the molecule is CC(CCO)COOS(=O)(=O)C(F)(F)F. The maximum atomic E-state index is 11.7. The average Bonchev–Trinajstić information content (AvgIpc) is 2.01. The highest BCUT2D eigenvalue weighted by molar-refractivity contribution is 7.87. The molecule has 0 aliphatic rings. The molecule has 92 valence electrons. The van der Waals surface area contributed by atoms with E-state index in [0.29, 0.717) is 0 Å². The lowest BCUT2D eigenvalue weighted by atomic mass is 10.1. The molecule has 0 aliphatic carbocycles. The molecule has 9 heteroatoms. The summed E-state index contributed by atoms with van der Waals surface area (Å²) in [6.07, 6.45) is 0.273. The maximum Gasteiger partial charge on any atom is 0.525 e. The topological polar surface area (TPSA) is 72.8 Å². The molecule has 0 aliphatic heterocycles. The second kappa shape index (κ2) is 5.64. The lowest BCUT2D eigenvalue weighted by Gasteiger charge is -2.10. The number of halogens is 3. The van der Waals surface area contributed by atoms with Crippen LogP contribution in [0.1, 0.15) is 13.3 Å². The third-order valence-electron chi connectivity index (χ3n) is 1.40. The average molecular weight is 252 g/mol. The van der Waals surface area contributed by atoms with Crippen molar-refractivity contribution in [1.82, 2.24) is 0 Å². The Morgan fingerprint density at radius 1 is 1.40 bits per heavy atom. The van der Waals surface area contributed by atoms with Crippen LogP contribution in [0.15, 0.2) is 0 Å². The fourth-order valence-corrected chi connectivity index (χ4v) is 0.809. The van der Waals surface area contributed by atoms with Gasteiger partial charge in [-0.15, -0.1) is 0 Å². The summed E-state index contributed by atoms with van der Waals surface area (Å²) in [6, 6.07) is 0. The summed E-state index contributed by atoms with van der Waals surface area (Å²) in [6.45, 7) is 1.03. The number of alkyl halides is 3. The van der Waals surface area contributed by atoms with E-state index in [0.717, 1.165) is 0 Å². The van der Waals surface area contributed by atoms with Crippen LogP contribution in [0.4, 0.5) is 13.2 Å². The Labute approximate surface area is 84.8 Å². The Morgan fingerprint density at radius 3 is 2.33 bits per heavy atom. The number of aliphatic hydroxyl groups is 1. The molecule has 0 rings (SSSR count). The van der Waals surface area contributed by atoms with Gasteiger partial charge in [0, 0.05) is 6.61 Å². The summed E-state index contributed by atoms with van der Waals surface area (Å²) in [5, 5.41) is 8.43. The summed E-state index contributed by atoms with van der Waals surface area (Å²) >= 11 is 0. The molecule has 5 nitrogen and oxygen atoms in total. The maximum absolute atomic E-state index is 11.7. The van der Waals surface area contributed by atoms with Gasteiger partial charge in [0.2, 0.25) is 0 Å². The Balaban J connectivity index is 3.97. The van der Waals surface area contributed by atoms with Crippen molar-refractivity contribution in [3.05, 3.63) is 0 Å². The van der Waals surface area contributed by atoms with E-state index < -0.39 is 15.6 Å². The Morgan fingerprint density at radius 2 is 1.93 bits per heavy atom. The Bertz CT molecular complexity index is 273. The minimum atomic E-state index is -5.69. The van der Waals surface area contributed by atoms with E-state index in [-0.39, 0.29) is 25.6 Å². The van der Waals surface area contributed by atoms with Gasteiger partial charge in [0.15, 0.2) is 0 Å². The summed E-state index contributed by atoms with van der Waals surface area (Å²) in [5.41, 5.74) is -5.49. The molecule has 1 atom stereocenters. The second-order valence-electron chi connectivity index (χ2n) is 2.87. The van der Waals surface area contributed by atoms with Crippen LogP contribution in [-0.4, -0.2) is 32.2 Å². The van der Waals surface area contributed by atoms with Crippen molar-refractivity contribution in [2.45, 2.75) is 18.9 Å². The number of hydrogen-bond donors (Lipinski definition) is 1. The van der Waals surface area contributed by atoms with Crippen molar-refractivity contribution in [2.24, 2.45) is 5.92 Å². The van der Waals surface area contributed by atoms with Crippen molar-refractivity contribution in [3.63, 3.8) is 0 Å². The van der Waals surface area contributed by atoms with E-state index in [4.69, 9.17) is 5.11 Å². The molecule has 0 fully saturated rings. The summed E-state index contributed by atoms with van der Waals surface area (Å²) < 4.78 is 58.8. The number of hydrogen-bond acceptors (Lipinski definition) is 5. The zero-order valence-electron chi connectivity index (χ0n) is 7.82. The molecule has 0 bridgehead atoms. The van der Waals surface area contributed by atoms with Gasteiger partial charge in [-0.2, -0.15) is 21.6 Å². The monoisotopic (exact) mass is 252 g/mol. The smallest absolute Gasteiger partial charge is 0.396 e. The fourth-order valence-electron chi connectivity index (χ4n) is 0.550. The molecule has 0 spiro atoms. The number of rotatable bonds is 6. The summed E-state index contributed by atoms with van der Waals surface area (Å²) in [5.74, 6) is -0.307. The Hall–Kier alpha value is -0.380. The summed E-state index contributed by atoms with van der Waals surface area (Å²) in [4.78, 5) is 3.92. The molecule has 0 aromatic rings. The van der Waals surface area contributed by atoms with E-state index in [9.17, 15) is 21.6 Å². The van der Waals surface area contributed by atoms with Crippen LogP contribution in [0.3, 0.4) is 0 Å². The Kier molecular flexibility index (Phi) is 5.49. The van der Waals surface area contributed by atoms with E-state index in [1.54, 1.807) is 6.92 Å². The first-order valence-electron chi connectivity index (χ1n) is 3.94. The van der Waals surface area contributed by atoms with E-state index in [2.05, 4.69) is 9.22 Å². The van der Waals surface area contributed by atoms with Crippen molar-refractivity contribution >= 4 is 10.1 Å². The first-order chi connectivity index (χ1) is 6.70. The van der Waals surface area contributed by atoms with Crippen LogP contribution in [-0.2, 0) is 19.3 Å². The lowest BCUT2D eigenvalue weighted by Crippen LogP contribution is -2.26. The molecule has 15 heavy (non-hydrogen) atoms. The summed E-state index contributed by atoms with van der Waals surface area (Å²) in [7, 11) is -5.69. The van der Waals surface area contributed by atoms with Gasteiger partial charge in [-0.1, -0.05) is 11.3 Å². The standard InChI is InChI=1S/C6H11F3O5S/c1-5(2-3-10)4-13-14-15(11,12)6(7,8)9/h5,10H,2-4H2,1H3.